The largest absolute Gasteiger partial charge is 0.624 e. The molecule has 0 aliphatic carbocycles. The zero-order chi connectivity index (χ0) is 24.9. The third-order valence-electron chi connectivity index (χ3n) is 6.09. The van der Waals surface area contributed by atoms with Crippen molar-refractivity contribution in [2.24, 2.45) is 5.92 Å². The summed E-state index contributed by atoms with van der Waals surface area (Å²) in [5.41, 5.74) is 1.51. The van der Waals surface area contributed by atoms with Gasteiger partial charge in [0.1, 0.15) is 12.9 Å². The third kappa shape index (κ3) is 5.90. The van der Waals surface area contributed by atoms with Crippen molar-refractivity contribution in [1.29, 1.82) is 0 Å². The van der Waals surface area contributed by atoms with E-state index in [1.165, 1.54) is 25.4 Å². The van der Waals surface area contributed by atoms with E-state index < -0.39 is 23.2 Å². The molecule has 0 spiro atoms. The number of aromatic nitrogens is 2. The molecule has 0 amide bonds. The third-order valence-corrected chi connectivity index (χ3v) is 6.09. The van der Waals surface area contributed by atoms with Crippen LogP contribution < -0.4 is 9.64 Å². The van der Waals surface area contributed by atoms with Crippen LogP contribution in [0.15, 0.2) is 42.7 Å². The molecule has 1 saturated heterocycles. The summed E-state index contributed by atoms with van der Waals surface area (Å²) in [5.74, 6) is -2.12. The average molecular weight is 485 g/mol. The number of anilines is 1. The normalized spacial score (nSPS) is 14.9. The van der Waals surface area contributed by atoms with E-state index in [0.717, 1.165) is 56.1 Å². The van der Waals surface area contributed by atoms with Gasteiger partial charge in [-0.3, -0.25) is 0 Å². The summed E-state index contributed by atoms with van der Waals surface area (Å²) < 4.78 is 50.0. The minimum absolute atomic E-state index is 0.00786. The van der Waals surface area contributed by atoms with E-state index >= 15 is 0 Å². The Morgan fingerprint density at radius 3 is 2.31 bits per heavy atom. The second-order valence-electron chi connectivity index (χ2n) is 8.67. The number of halogens is 3. The Bertz CT molecular complexity index is 1180. The Labute approximate surface area is 202 Å². The first-order valence-electron chi connectivity index (χ1n) is 11.6. The SMILES string of the molecule is CCc1cnc(N2CCC(COc3c(F)cc(-c4cc(/C=[N+](/C)[O-])ccc4F)cc3F)CC2)nc1. The van der Waals surface area contributed by atoms with Gasteiger partial charge in [0.2, 0.25) is 5.95 Å². The highest BCUT2D eigenvalue weighted by Gasteiger charge is 2.23. The molecule has 3 aromatic rings. The van der Waals surface area contributed by atoms with Crippen molar-refractivity contribution in [2.45, 2.75) is 26.2 Å². The number of nitrogens with zero attached hydrogens (tertiary/aromatic N) is 4. The van der Waals surface area contributed by atoms with E-state index in [9.17, 15) is 18.4 Å². The Balaban J connectivity index is 1.40. The number of benzene rings is 2. The van der Waals surface area contributed by atoms with Crippen LogP contribution in [0.5, 0.6) is 5.75 Å². The van der Waals surface area contributed by atoms with Crippen molar-refractivity contribution >= 4 is 12.2 Å². The predicted molar refractivity (Wildman–Crippen MR) is 128 cm³/mol. The van der Waals surface area contributed by atoms with Crippen molar-refractivity contribution in [1.82, 2.24) is 9.97 Å². The molecule has 0 unspecified atom stereocenters. The summed E-state index contributed by atoms with van der Waals surface area (Å²) in [6.07, 6.45) is 7.34. The molecule has 0 bridgehead atoms. The Morgan fingerprint density at radius 2 is 1.71 bits per heavy atom. The van der Waals surface area contributed by atoms with E-state index in [1.54, 1.807) is 0 Å². The van der Waals surface area contributed by atoms with Crippen LogP contribution >= 0.6 is 0 Å². The van der Waals surface area contributed by atoms with Crippen LogP contribution in [-0.2, 0) is 6.42 Å². The fraction of sp³-hybridized carbons (Fsp3) is 0.346. The van der Waals surface area contributed by atoms with Gasteiger partial charge in [-0.25, -0.2) is 27.9 Å². The van der Waals surface area contributed by atoms with Gasteiger partial charge in [-0.2, -0.15) is 0 Å². The highest BCUT2D eigenvalue weighted by atomic mass is 19.1. The van der Waals surface area contributed by atoms with E-state index in [1.807, 2.05) is 19.3 Å². The molecular formula is C26H27F3N4O2. The first-order valence-corrected chi connectivity index (χ1v) is 11.6. The van der Waals surface area contributed by atoms with Gasteiger partial charge in [-0.1, -0.05) is 6.92 Å². The maximum atomic E-state index is 14.8. The number of hydroxylamine groups is 1. The molecule has 2 heterocycles. The monoisotopic (exact) mass is 484 g/mol. The molecule has 0 N–H and O–H groups in total. The smallest absolute Gasteiger partial charge is 0.225 e. The van der Waals surface area contributed by atoms with Gasteiger partial charge in [0.15, 0.2) is 23.6 Å². The van der Waals surface area contributed by atoms with Gasteiger partial charge in [-0.15, -0.1) is 0 Å². The van der Waals surface area contributed by atoms with E-state index in [4.69, 9.17) is 4.74 Å². The fourth-order valence-electron chi connectivity index (χ4n) is 4.10. The van der Waals surface area contributed by atoms with Crippen LogP contribution in [0.3, 0.4) is 0 Å². The molecular weight excluding hydrogens is 457 g/mol. The van der Waals surface area contributed by atoms with Crippen LogP contribution in [0.2, 0.25) is 0 Å². The van der Waals surface area contributed by atoms with Gasteiger partial charge in [0.05, 0.1) is 6.61 Å². The van der Waals surface area contributed by atoms with E-state index in [2.05, 4.69) is 14.9 Å². The molecule has 0 atom stereocenters. The molecule has 1 fully saturated rings. The second kappa shape index (κ2) is 10.8. The Morgan fingerprint density at radius 1 is 1.06 bits per heavy atom. The standard InChI is InChI=1S/C26H27F3N4O2/c1-3-17-13-30-26(31-14-17)33-8-6-18(7-9-33)16-35-25-23(28)11-20(12-24(25)29)21-10-19(15-32(2)34)4-5-22(21)27/h4-5,10-15,18H,3,6-9,16H2,1-2H3/b32-15-. The van der Waals surface area contributed by atoms with E-state index in [0.29, 0.717) is 16.3 Å². The summed E-state index contributed by atoms with van der Waals surface area (Å²) in [4.78, 5) is 10.9. The number of aryl methyl sites for hydroxylation is 1. The van der Waals surface area contributed by atoms with Crippen LogP contribution in [0, 0.1) is 28.6 Å². The first kappa shape index (κ1) is 24.5. The fourth-order valence-corrected chi connectivity index (χ4v) is 4.10. The van der Waals surface area contributed by atoms with Crippen molar-refractivity contribution in [3.8, 4) is 16.9 Å². The zero-order valence-corrected chi connectivity index (χ0v) is 19.7. The summed E-state index contributed by atoms with van der Waals surface area (Å²) >= 11 is 0. The van der Waals surface area contributed by atoms with Crippen molar-refractivity contribution in [2.75, 3.05) is 31.6 Å². The van der Waals surface area contributed by atoms with Crippen molar-refractivity contribution in [3.05, 3.63) is 76.5 Å². The lowest BCUT2D eigenvalue weighted by atomic mass is 9.98. The predicted octanol–water partition coefficient (Wildman–Crippen LogP) is 4.98. The summed E-state index contributed by atoms with van der Waals surface area (Å²) in [6, 6.07) is 6.02. The van der Waals surface area contributed by atoms with Gasteiger partial charge < -0.3 is 14.8 Å². The number of ether oxygens (including phenoxy) is 1. The summed E-state index contributed by atoms with van der Waals surface area (Å²) in [6.45, 7) is 3.68. The summed E-state index contributed by atoms with van der Waals surface area (Å²) in [7, 11) is 1.29. The van der Waals surface area contributed by atoms with Gasteiger partial charge in [0, 0.05) is 36.6 Å². The summed E-state index contributed by atoms with van der Waals surface area (Å²) in [5, 5.41) is 11.2. The first-order chi connectivity index (χ1) is 16.8. The van der Waals surface area contributed by atoms with Crippen LogP contribution in [0.25, 0.3) is 11.1 Å². The van der Waals surface area contributed by atoms with Crippen LogP contribution in [-0.4, -0.2) is 47.7 Å². The average Bonchev–Trinajstić information content (AvgIpc) is 2.85. The molecule has 2 aromatic carbocycles. The second-order valence-corrected chi connectivity index (χ2v) is 8.67. The van der Waals surface area contributed by atoms with Crippen molar-refractivity contribution < 1.29 is 22.6 Å². The molecule has 184 valence electrons. The lowest BCUT2D eigenvalue weighted by Crippen LogP contribution is -2.36. The van der Waals surface area contributed by atoms with Gasteiger partial charge in [-0.05, 0) is 66.6 Å². The molecule has 0 saturated carbocycles. The molecule has 35 heavy (non-hydrogen) atoms. The molecule has 9 heteroatoms. The van der Waals surface area contributed by atoms with Crippen molar-refractivity contribution in [3.63, 3.8) is 0 Å². The zero-order valence-electron chi connectivity index (χ0n) is 19.7. The lowest BCUT2D eigenvalue weighted by molar-refractivity contribution is -0.416. The Hall–Kier alpha value is -3.62. The minimum atomic E-state index is -0.906. The molecule has 4 rings (SSSR count). The highest BCUT2D eigenvalue weighted by Crippen LogP contribution is 2.32. The topological polar surface area (TPSA) is 64.3 Å². The maximum absolute atomic E-state index is 14.8. The molecule has 1 aromatic heterocycles. The van der Waals surface area contributed by atoms with Gasteiger partial charge in [0.25, 0.3) is 0 Å². The van der Waals surface area contributed by atoms with Crippen LogP contribution in [0.4, 0.5) is 19.1 Å². The maximum Gasteiger partial charge on any atom is 0.225 e. The quantitative estimate of drug-likeness (QED) is 0.205. The number of hydrogen-bond donors (Lipinski definition) is 0. The number of piperidine rings is 1. The van der Waals surface area contributed by atoms with Gasteiger partial charge >= 0.3 is 0 Å². The van der Waals surface area contributed by atoms with E-state index in [-0.39, 0.29) is 23.7 Å². The number of hydrogen-bond acceptors (Lipinski definition) is 5. The van der Waals surface area contributed by atoms with Crippen LogP contribution in [0.1, 0.15) is 30.9 Å². The molecule has 1 aliphatic heterocycles. The number of rotatable bonds is 7. The lowest BCUT2D eigenvalue weighted by Gasteiger charge is -2.31. The highest BCUT2D eigenvalue weighted by molar-refractivity contribution is 5.80. The molecule has 6 nitrogen and oxygen atoms in total. The Kier molecular flexibility index (Phi) is 7.53. The molecule has 1 aliphatic rings. The molecule has 0 radical (unpaired) electrons. The minimum Gasteiger partial charge on any atom is -0.624 e.